The fraction of sp³-hybridized carbons (Fsp3) is 0.550. The number of piperidine rings is 1. The lowest BCUT2D eigenvalue weighted by molar-refractivity contribution is -0.133. The van der Waals surface area contributed by atoms with E-state index < -0.39 is 16.1 Å². The van der Waals surface area contributed by atoms with Crippen LogP contribution in [-0.4, -0.2) is 53.1 Å². The SMILES string of the molecule is Cc1ccc(S(=O)(=O)N[C@@H](C)C(=O)N2CCCC(c3nncn3C(C)C)C2)cc1. The van der Waals surface area contributed by atoms with E-state index in [1.165, 1.54) is 0 Å². The van der Waals surface area contributed by atoms with E-state index in [1.54, 1.807) is 42.4 Å². The molecule has 0 aliphatic carbocycles. The fourth-order valence-corrected chi connectivity index (χ4v) is 4.87. The van der Waals surface area contributed by atoms with Crippen LogP contribution < -0.4 is 4.72 Å². The molecule has 29 heavy (non-hydrogen) atoms. The van der Waals surface area contributed by atoms with Crippen LogP contribution in [0.15, 0.2) is 35.5 Å². The number of aryl methyl sites for hydroxylation is 1. The van der Waals surface area contributed by atoms with E-state index in [4.69, 9.17) is 0 Å². The number of aromatic nitrogens is 3. The molecule has 2 atom stereocenters. The van der Waals surface area contributed by atoms with Crippen molar-refractivity contribution in [3.05, 3.63) is 42.0 Å². The van der Waals surface area contributed by atoms with Gasteiger partial charge in [0.2, 0.25) is 15.9 Å². The summed E-state index contributed by atoms with van der Waals surface area (Å²) in [4.78, 5) is 14.8. The third-order valence-electron chi connectivity index (χ3n) is 5.29. The maximum Gasteiger partial charge on any atom is 0.241 e. The van der Waals surface area contributed by atoms with Crippen molar-refractivity contribution in [2.45, 2.75) is 63.4 Å². The monoisotopic (exact) mass is 419 g/mol. The predicted molar refractivity (Wildman–Crippen MR) is 110 cm³/mol. The van der Waals surface area contributed by atoms with Gasteiger partial charge in [0.15, 0.2) is 0 Å². The summed E-state index contributed by atoms with van der Waals surface area (Å²) in [6.45, 7) is 8.75. The molecule has 1 saturated heterocycles. The highest BCUT2D eigenvalue weighted by molar-refractivity contribution is 7.89. The molecule has 9 heteroatoms. The zero-order chi connectivity index (χ0) is 21.2. The normalized spacial score (nSPS) is 18.8. The predicted octanol–water partition coefficient (Wildman–Crippen LogP) is 2.24. The van der Waals surface area contributed by atoms with Crippen molar-refractivity contribution in [2.75, 3.05) is 13.1 Å². The Morgan fingerprint density at radius 1 is 1.21 bits per heavy atom. The summed E-state index contributed by atoms with van der Waals surface area (Å²) in [5, 5.41) is 8.30. The number of carbonyl (C=O) groups is 1. The van der Waals surface area contributed by atoms with Crippen molar-refractivity contribution in [2.24, 2.45) is 0 Å². The lowest BCUT2D eigenvalue weighted by Crippen LogP contribution is -2.49. The minimum absolute atomic E-state index is 0.0958. The van der Waals surface area contributed by atoms with Crippen molar-refractivity contribution >= 4 is 15.9 Å². The van der Waals surface area contributed by atoms with Crippen LogP contribution in [0, 0.1) is 6.92 Å². The van der Waals surface area contributed by atoms with E-state index in [1.807, 2.05) is 11.5 Å². The quantitative estimate of drug-likeness (QED) is 0.774. The number of sulfonamides is 1. The number of nitrogens with zero attached hydrogens (tertiary/aromatic N) is 4. The lowest BCUT2D eigenvalue weighted by Gasteiger charge is -2.34. The van der Waals surface area contributed by atoms with Crippen LogP contribution in [0.25, 0.3) is 0 Å². The first-order chi connectivity index (χ1) is 13.7. The number of benzene rings is 1. The molecule has 1 aliphatic heterocycles. The molecule has 1 N–H and O–H groups in total. The van der Waals surface area contributed by atoms with Crippen LogP contribution in [0.5, 0.6) is 0 Å². The second-order valence-corrected chi connectivity index (χ2v) is 9.68. The van der Waals surface area contributed by atoms with Crippen molar-refractivity contribution in [3.8, 4) is 0 Å². The molecule has 1 aromatic heterocycles. The number of nitrogens with one attached hydrogen (secondary N) is 1. The van der Waals surface area contributed by atoms with Gasteiger partial charge in [-0.05, 0) is 52.7 Å². The molecule has 0 saturated carbocycles. The number of likely N-dealkylation sites (tertiary alicyclic amines) is 1. The van der Waals surface area contributed by atoms with E-state index in [0.29, 0.717) is 13.1 Å². The zero-order valence-electron chi connectivity index (χ0n) is 17.4. The average molecular weight is 420 g/mol. The maximum atomic E-state index is 13.0. The first-order valence-corrected chi connectivity index (χ1v) is 11.4. The van der Waals surface area contributed by atoms with Crippen LogP contribution in [0.2, 0.25) is 0 Å². The van der Waals surface area contributed by atoms with Gasteiger partial charge in [0.1, 0.15) is 12.2 Å². The molecular formula is C20H29N5O3S. The molecule has 0 radical (unpaired) electrons. The first kappa shape index (κ1) is 21.4. The van der Waals surface area contributed by atoms with Gasteiger partial charge in [0, 0.05) is 25.0 Å². The summed E-state index contributed by atoms with van der Waals surface area (Å²) in [6, 6.07) is 5.96. The summed E-state index contributed by atoms with van der Waals surface area (Å²) < 4.78 is 29.8. The molecule has 1 amide bonds. The van der Waals surface area contributed by atoms with Crippen molar-refractivity contribution in [1.82, 2.24) is 24.4 Å². The van der Waals surface area contributed by atoms with E-state index in [9.17, 15) is 13.2 Å². The number of hydrogen-bond acceptors (Lipinski definition) is 5. The molecular weight excluding hydrogens is 390 g/mol. The van der Waals surface area contributed by atoms with Gasteiger partial charge in [-0.25, -0.2) is 8.42 Å². The molecule has 1 aliphatic rings. The van der Waals surface area contributed by atoms with Crippen LogP contribution in [0.4, 0.5) is 0 Å². The highest BCUT2D eigenvalue weighted by atomic mass is 32.2. The van der Waals surface area contributed by atoms with Crippen molar-refractivity contribution in [1.29, 1.82) is 0 Å². The maximum absolute atomic E-state index is 13.0. The molecule has 0 bridgehead atoms. The second-order valence-electron chi connectivity index (χ2n) is 7.97. The van der Waals surface area contributed by atoms with E-state index in [-0.39, 0.29) is 22.8 Å². The first-order valence-electron chi connectivity index (χ1n) is 9.96. The molecule has 158 valence electrons. The molecule has 1 unspecified atom stereocenters. The Balaban J connectivity index is 1.69. The van der Waals surface area contributed by atoms with Gasteiger partial charge in [-0.2, -0.15) is 4.72 Å². The van der Waals surface area contributed by atoms with E-state index in [0.717, 1.165) is 24.2 Å². The molecule has 2 aromatic rings. The topological polar surface area (TPSA) is 97.2 Å². The highest BCUT2D eigenvalue weighted by Crippen LogP contribution is 2.27. The fourth-order valence-electron chi connectivity index (χ4n) is 3.67. The number of carbonyl (C=O) groups excluding carboxylic acids is 1. The Morgan fingerprint density at radius 3 is 2.55 bits per heavy atom. The minimum Gasteiger partial charge on any atom is -0.341 e. The van der Waals surface area contributed by atoms with Gasteiger partial charge < -0.3 is 9.47 Å². The van der Waals surface area contributed by atoms with Gasteiger partial charge in [-0.3, -0.25) is 4.79 Å². The Labute approximate surface area is 172 Å². The van der Waals surface area contributed by atoms with Crippen LogP contribution in [0.3, 0.4) is 0 Å². The Morgan fingerprint density at radius 2 is 1.90 bits per heavy atom. The molecule has 2 heterocycles. The molecule has 8 nitrogen and oxygen atoms in total. The lowest BCUT2D eigenvalue weighted by atomic mass is 9.96. The van der Waals surface area contributed by atoms with Gasteiger partial charge >= 0.3 is 0 Å². The smallest absolute Gasteiger partial charge is 0.241 e. The molecule has 1 fully saturated rings. The van der Waals surface area contributed by atoms with Gasteiger partial charge in [0.05, 0.1) is 10.9 Å². The summed E-state index contributed by atoms with van der Waals surface area (Å²) in [6.07, 6.45) is 3.50. The standard InChI is InChI=1S/C20H29N5O3S/c1-14(2)25-13-21-22-19(25)17-6-5-11-24(12-17)20(26)16(4)23-29(27,28)18-9-7-15(3)8-10-18/h7-10,13-14,16-17,23H,5-6,11-12H2,1-4H3/t16-,17?/m0/s1. The zero-order valence-corrected chi connectivity index (χ0v) is 18.2. The van der Waals surface area contributed by atoms with Gasteiger partial charge in [-0.15, -0.1) is 10.2 Å². The molecule has 1 aromatic carbocycles. The second kappa shape index (κ2) is 8.62. The summed E-state index contributed by atoms with van der Waals surface area (Å²) in [5.41, 5.74) is 0.974. The van der Waals surface area contributed by atoms with Crippen LogP contribution in [-0.2, 0) is 14.8 Å². The third-order valence-corrected chi connectivity index (χ3v) is 6.85. The van der Waals surface area contributed by atoms with Crippen molar-refractivity contribution in [3.63, 3.8) is 0 Å². The summed E-state index contributed by atoms with van der Waals surface area (Å²) in [7, 11) is -3.76. The third kappa shape index (κ3) is 4.84. The Bertz CT molecular complexity index is 953. The molecule has 0 spiro atoms. The van der Waals surface area contributed by atoms with E-state index in [2.05, 4.69) is 28.8 Å². The highest BCUT2D eigenvalue weighted by Gasteiger charge is 2.32. The van der Waals surface area contributed by atoms with E-state index >= 15 is 0 Å². The van der Waals surface area contributed by atoms with Gasteiger partial charge in [-0.1, -0.05) is 17.7 Å². The largest absolute Gasteiger partial charge is 0.341 e. The average Bonchev–Trinajstić information content (AvgIpc) is 3.18. The summed E-state index contributed by atoms with van der Waals surface area (Å²) >= 11 is 0. The molecule has 3 rings (SSSR count). The minimum atomic E-state index is -3.76. The number of hydrogen-bond donors (Lipinski definition) is 1. The number of rotatable bonds is 6. The Kier molecular flexibility index (Phi) is 6.38. The summed E-state index contributed by atoms with van der Waals surface area (Å²) in [5.74, 6) is 0.755. The number of amides is 1. The van der Waals surface area contributed by atoms with Gasteiger partial charge in [0.25, 0.3) is 0 Å². The van der Waals surface area contributed by atoms with Crippen LogP contribution in [0.1, 0.15) is 57.0 Å². The van der Waals surface area contributed by atoms with Crippen molar-refractivity contribution < 1.29 is 13.2 Å². The van der Waals surface area contributed by atoms with Crippen LogP contribution >= 0.6 is 0 Å². The Hall–Kier alpha value is -2.26.